The lowest BCUT2D eigenvalue weighted by Gasteiger charge is -2.08. The highest BCUT2D eigenvalue weighted by Gasteiger charge is 2.25. The highest BCUT2D eigenvalue weighted by molar-refractivity contribution is 5.28. The fourth-order valence-electron chi connectivity index (χ4n) is 1.72. The van der Waals surface area contributed by atoms with Crippen LogP contribution in [0, 0.1) is 0 Å². The molecule has 0 aliphatic carbocycles. The zero-order valence-electron chi connectivity index (χ0n) is 11.1. The Bertz CT molecular complexity index is 366. The Morgan fingerprint density at radius 3 is 2.68 bits per heavy atom. The minimum absolute atomic E-state index is 0.176. The summed E-state index contributed by atoms with van der Waals surface area (Å²) in [6, 6.07) is 7.69. The van der Waals surface area contributed by atoms with Gasteiger partial charge in [-0.3, -0.25) is 0 Å². The number of ether oxygens (including phenoxy) is 1. The van der Waals surface area contributed by atoms with Crippen molar-refractivity contribution in [3.05, 3.63) is 29.8 Å². The quantitative estimate of drug-likeness (QED) is 0.726. The molecule has 1 N–H and O–H groups in total. The molecule has 2 nitrogen and oxygen atoms in total. The first-order valence-electron chi connectivity index (χ1n) is 6.50. The second-order valence-corrected chi connectivity index (χ2v) is 4.33. The minimum Gasteiger partial charge on any atom is -0.494 e. The van der Waals surface area contributed by atoms with Gasteiger partial charge in [0, 0.05) is 13.0 Å². The van der Waals surface area contributed by atoms with E-state index >= 15 is 0 Å². The average molecular weight is 275 g/mol. The lowest BCUT2D eigenvalue weighted by Crippen LogP contribution is -2.16. The fraction of sp³-hybridized carbons (Fsp3) is 0.571. The van der Waals surface area contributed by atoms with E-state index in [4.69, 9.17) is 4.74 Å². The Hall–Kier alpha value is -1.23. The van der Waals surface area contributed by atoms with Crippen LogP contribution in [-0.2, 0) is 6.54 Å². The Kier molecular flexibility index (Phi) is 6.70. The molecule has 0 spiro atoms. The van der Waals surface area contributed by atoms with Crippen LogP contribution in [0.2, 0.25) is 0 Å². The number of nitrogens with one attached hydrogen (secondary N) is 1. The van der Waals surface area contributed by atoms with Crippen LogP contribution in [-0.4, -0.2) is 19.3 Å². The lowest BCUT2D eigenvalue weighted by atomic mass is 10.2. The van der Waals surface area contributed by atoms with Gasteiger partial charge in [-0.1, -0.05) is 12.1 Å². The predicted octanol–water partition coefficient (Wildman–Crippen LogP) is 3.91. The summed E-state index contributed by atoms with van der Waals surface area (Å²) in [6.07, 6.45) is -4.03. The summed E-state index contributed by atoms with van der Waals surface area (Å²) in [6.45, 7) is 3.78. The monoisotopic (exact) mass is 275 g/mol. The Morgan fingerprint density at radius 2 is 2.00 bits per heavy atom. The van der Waals surface area contributed by atoms with Crippen LogP contribution in [0.5, 0.6) is 5.75 Å². The van der Waals surface area contributed by atoms with Gasteiger partial charge in [-0.15, -0.1) is 0 Å². The molecule has 108 valence electrons. The molecule has 0 fully saturated rings. The summed E-state index contributed by atoms with van der Waals surface area (Å²) in [5.41, 5.74) is 1.07. The molecule has 1 aromatic rings. The molecule has 0 aromatic heterocycles. The molecule has 1 aromatic carbocycles. The van der Waals surface area contributed by atoms with E-state index in [1.807, 2.05) is 31.2 Å². The number of benzene rings is 1. The van der Waals surface area contributed by atoms with Crippen molar-refractivity contribution >= 4 is 0 Å². The molecule has 0 amide bonds. The van der Waals surface area contributed by atoms with Gasteiger partial charge in [0.15, 0.2) is 0 Å². The Morgan fingerprint density at radius 1 is 1.21 bits per heavy atom. The molecule has 0 radical (unpaired) electrons. The number of hydrogen-bond donors (Lipinski definition) is 1. The summed E-state index contributed by atoms with van der Waals surface area (Å²) in [5.74, 6) is 0.818. The van der Waals surface area contributed by atoms with Crippen molar-refractivity contribution in [3.8, 4) is 5.75 Å². The summed E-state index contributed by atoms with van der Waals surface area (Å²) in [7, 11) is 0. The maximum Gasteiger partial charge on any atom is 0.389 e. The molecule has 0 saturated heterocycles. The molecule has 19 heavy (non-hydrogen) atoms. The van der Waals surface area contributed by atoms with Gasteiger partial charge < -0.3 is 10.1 Å². The van der Waals surface area contributed by atoms with Crippen LogP contribution in [0.3, 0.4) is 0 Å². The van der Waals surface area contributed by atoms with Crippen LogP contribution in [0.15, 0.2) is 24.3 Å². The Labute approximate surface area is 112 Å². The molecule has 0 heterocycles. The smallest absolute Gasteiger partial charge is 0.389 e. The fourth-order valence-corrected chi connectivity index (χ4v) is 1.72. The van der Waals surface area contributed by atoms with Gasteiger partial charge in [-0.05, 0) is 44.0 Å². The third-order valence-corrected chi connectivity index (χ3v) is 2.60. The van der Waals surface area contributed by atoms with Crippen LogP contribution in [0.25, 0.3) is 0 Å². The summed E-state index contributed by atoms with van der Waals surface area (Å²) >= 11 is 0. The minimum atomic E-state index is -4.04. The van der Waals surface area contributed by atoms with Crippen molar-refractivity contribution in [2.75, 3.05) is 13.2 Å². The van der Waals surface area contributed by atoms with E-state index in [1.165, 1.54) is 0 Å². The first-order valence-corrected chi connectivity index (χ1v) is 6.50. The van der Waals surface area contributed by atoms with Crippen molar-refractivity contribution in [1.82, 2.24) is 5.32 Å². The van der Waals surface area contributed by atoms with Gasteiger partial charge >= 0.3 is 6.18 Å². The molecule has 0 atom stereocenters. The van der Waals surface area contributed by atoms with Gasteiger partial charge in [0.2, 0.25) is 0 Å². The average Bonchev–Trinajstić information content (AvgIpc) is 2.33. The normalized spacial score (nSPS) is 11.6. The zero-order valence-corrected chi connectivity index (χ0v) is 11.1. The van der Waals surface area contributed by atoms with Gasteiger partial charge in [-0.2, -0.15) is 13.2 Å². The largest absolute Gasteiger partial charge is 0.494 e. The van der Waals surface area contributed by atoms with Crippen LogP contribution < -0.4 is 10.1 Å². The molecule has 5 heteroatoms. The Balaban J connectivity index is 2.17. The van der Waals surface area contributed by atoms with Crippen molar-refractivity contribution in [1.29, 1.82) is 0 Å². The number of unbranched alkanes of at least 4 members (excludes halogenated alkanes) is 1. The molecular weight excluding hydrogens is 255 g/mol. The third kappa shape index (κ3) is 7.72. The standard InChI is InChI=1S/C14H20F3NO/c1-2-19-13-7-5-6-12(10-13)11-18-9-4-3-8-14(15,16)17/h5-7,10,18H,2-4,8-9,11H2,1H3. The third-order valence-electron chi connectivity index (χ3n) is 2.60. The van der Waals surface area contributed by atoms with E-state index in [2.05, 4.69) is 5.32 Å². The number of rotatable bonds is 8. The van der Waals surface area contributed by atoms with E-state index in [0.717, 1.165) is 11.3 Å². The van der Waals surface area contributed by atoms with Crippen LogP contribution in [0.1, 0.15) is 31.7 Å². The second-order valence-electron chi connectivity index (χ2n) is 4.33. The highest BCUT2D eigenvalue weighted by Crippen LogP contribution is 2.21. The van der Waals surface area contributed by atoms with Crippen molar-refractivity contribution in [2.24, 2.45) is 0 Å². The first-order chi connectivity index (χ1) is 9.01. The van der Waals surface area contributed by atoms with Crippen molar-refractivity contribution in [2.45, 2.75) is 38.9 Å². The summed E-state index contributed by atoms with van der Waals surface area (Å²) in [4.78, 5) is 0. The second kappa shape index (κ2) is 8.04. The van der Waals surface area contributed by atoms with Crippen molar-refractivity contribution < 1.29 is 17.9 Å². The van der Waals surface area contributed by atoms with E-state index in [9.17, 15) is 13.2 Å². The molecule has 0 saturated carbocycles. The number of alkyl halides is 3. The first kappa shape index (κ1) is 15.8. The van der Waals surface area contributed by atoms with E-state index in [1.54, 1.807) is 0 Å². The van der Waals surface area contributed by atoms with E-state index in [0.29, 0.717) is 26.1 Å². The van der Waals surface area contributed by atoms with Crippen LogP contribution in [0.4, 0.5) is 13.2 Å². The lowest BCUT2D eigenvalue weighted by molar-refractivity contribution is -0.135. The van der Waals surface area contributed by atoms with Gasteiger partial charge in [-0.25, -0.2) is 0 Å². The summed E-state index contributed by atoms with van der Waals surface area (Å²) in [5, 5.41) is 3.13. The van der Waals surface area contributed by atoms with Gasteiger partial charge in [0.05, 0.1) is 6.61 Å². The highest BCUT2D eigenvalue weighted by atomic mass is 19.4. The molecular formula is C14H20F3NO. The molecule has 0 aliphatic rings. The van der Waals surface area contributed by atoms with Crippen LogP contribution >= 0.6 is 0 Å². The van der Waals surface area contributed by atoms with Crippen molar-refractivity contribution in [3.63, 3.8) is 0 Å². The molecule has 0 unspecified atom stereocenters. The van der Waals surface area contributed by atoms with Gasteiger partial charge in [0.1, 0.15) is 5.75 Å². The maximum absolute atomic E-state index is 11.9. The SMILES string of the molecule is CCOc1cccc(CNCCCCC(F)(F)F)c1. The van der Waals surface area contributed by atoms with Gasteiger partial charge in [0.25, 0.3) is 0 Å². The zero-order chi connectivity index (χ0) is 14.1. The van der Waals surface area contributed by atoms with E-state index in [-0.39, 0.29) is 6.42 Å². The number of hydrogen-bond acceptors (Lipinski definition) is 2. The molecule has 1 rings (SSSR count). The molecule has 0 aliphatic heterocycles. The predicted molar refractivity (Wildman–Crippen MR) is 69.2 cm³/mol. The summed E-state index contributed by atoms with van der Waals surface area (Å²) < 4.78 is 41.1. The maximum atomic E-state index is 11.9. The number of halogens is 3. The molecule has 0 bridgehead atoms. The topological polar surface area (TPSA) is 21.3 Å². The van der Waals surface area contributed by atoms with E-state index < -0.39 is 12.6 Å².